The smallest absolute Gasteiger partial charge is 0.356 e. The summed E-state index contributed by atoms with van der Waals surface area (Å²) in [4.78, 5) is 40.1. The minimum Gasteiger partial charge on any atom is -0.448 e. The van der Waals surface area contributed by atoms with Crippen LogP contribution in [0.3, 0.4) is 0 Å². The molecule has 0 aliphatic heterocycles. The summed E-state index contributed by atoms with van der Waals surface area (Å²) >= 11 is 6.11. The van der Waals surface area contributed by atoms with Gasteiger partial charge < -0.3 is 14.6 Å². The molecule has 1 aromatic heterocycles. The van der Waals surface area contributed by atoms with Crippen LogP contribution >= 0.6 is 11.6 Å². The van der Waals surface area contributed by atoms with Crippen molar-refractivity contribution in [2.45, 2.75) is 19.4 Å². The van der Waals surface area contributed by atoms with Gasteiger partial charge in [-0.3, -0.25) is 9.59 Å². The molecular weight excluding hydrogens is 500 g/mol. The number of aromatic nitrogens is 1. The Bertz CT molecular complexity index is 1740. The fourth-order valence-electron chi connectivity index (χ4n) is 4.67. The van der Waals surface area contributed by atoms with E-state index in [-0.39, 0.29) is 17.7 Å². The molecule has 4 aromatic carbocycles. The normalized spacial score (nSPS) is 11.9. The van der Waals surface area contributed by atoms with E-state index in [2.05, 4.69) is 5.32 Å². The number of ether oxygens (including phenoxy) is 1. The van der Waals surface area contributed by atoms with Gasteiger partial charge in [0.1, 0.15) is 5.69 Å². The zero-order valence-electron chi connectivity index (χ0n) is 20.9. The first kappa shape index (κ1) is 25.2. The molecule has 5 rings (SSSR count). The molecule has 38 heavy (non-hydrogen) atoms. The van der Waals surface area contributed by atoms with E-state index >= 15 is 0 Å². The highest BCUT2D eigenvalue weighted by Crippen LogP contribution is 2.32. The van der Waals surface area contributed by atoms with Crippen molar-refractivity contribution in [2.24, 2.45) is 7.05 Å². The highest BCUT2D eigenvalue weighted by molar-refractivity contribution is 6.30. The number of halogens is 1. The van der Waals surface area contributed by atoms with E-state index in [0.717, 1.165) is 10.8 Å². The molecule has 190 valence electrons. The minimum absolute atomic E-state index is 0.0624. The van der Waals surface area contributed by atoms with Crippen molar-refractivity contribution in [1.29, 1.82) is 0 Å². The van der Waals surface area contributed by atoms with E-state index in [4.69, 9.17) is 16.3 Å². The van der Waals surface area contributed by atoms with Crippen LogP contribution in [0.2, 0.25) is 5.02 Å². The van der Waals surface area contributed by atoms with E-state index in [9.17, 15) is 14.4 Å². The average Bonchev–Trinajstić information content (AvgIpc) is 2.94. The predicted molar refractivity (Wildman–Crippen MR) is 152 cm³/mol. The van der Waals surface area contributed by atoms with Gasteiger partial charge in [0.25, 0.3) is 11.5 Å². The zero-order chi connectivity index (χ0) is 26.8. The van der Waals surface area contributed by atoms with Crippen molar-refractivity contribution in [1.82, 2.24) is 4.57 Å². The largest absolute Gasteiger partial charge is 0.448 e. The van der Waals surface area contributed by atoms with Crippen LogP contribution in [-0.2, 0) is 16.6 Å². The summed E-state index contributed by atoms with van der Waals surface area (Å²) in [6.07, 6.45) is -0.818. The number of pyridine rings is 1. The Labute approximate surface area is 224 Å². The van der Waals surface area contributed by atoms with E-state index in [0.29, 0.717) is 32.6 Å². The van der Waals surface area contributed by atoms with Gasteiger partial charge in [-0.25, -0.2) is 4.79 Å². The van der Waals surface area contributed by atoms with E-state index in [1.807, 2.05) is 42.5 Å². The Hall–Kier alpha value is -4.42. The summed E-state index contributed by atoms with van der Waals surface area (Å²) in [5.74, 6) is -1.21. The highest BCUT2D eigenvalue weighted by Gasteiger charge is 2.28. The van der Waals surface area contributed by atoms with Crippen LogP contribution in [0.1, 0.15) is 23.8 Å². The topological polar surface area (TPSA) is 77.4 Å². The number of amides is 1. The Morgan fingerprint density at radius 2 is 1.50 bits per heavy atom. The van der Waals surface area contributed by atoms with Crippen LogP contribution in [-0.4, -0.2) is 22.5 Å². The average molecular weight is 525 g/mol. The fourth-order valence-corrected chi connectivity index (χ4v) is 4.79. The molecule has 1 heterocycles. The van der Waals surface area contributed by atoms with Gasteiger partial charge in [0.05, 0.1) is 0 Å². The van der Waals surface area contributed by atoms with Crippen LogP contribution in [0.25, 0.3) is 32.7 Å². The molecule has 6 nitrogen and oxygen atoms in total. The molecule has 0 radical (unpaired) electrons. The van der Waals surface area contributed by atoms with Crippen LogP contribution in [0.15, 0.2) is 95.8 Å². The number of benzene rings is 4. The Morgan fingerprint density at radius 3 is 2.21 bits per heavy atom. The monoisotopic (exact) mass is 524 g/mol. The summed E-state index contributed by atoms with van der Waals surface area (Å²) in [5, 5.41) is 6.39. The number of carbonyl (C=O) groups is 2. The molecular formula is C31H25ClN2O4. The molecule has 5 aromatic rings. The first-order valence-corrected chi connectivity index (χ1v) is 12.6. The lowest BCUT2D eigenvalue weighted by atomic mass is 9.96. The maximum atomic E-state index is 13.7. The number of hydrogen-bond acceptors (Lipinski definition) is 4. The number of fused-ring (bicyclic) bond motifs is 2. The second-order valence-electron chi connectivity index (χ2n) is 8.96. The lowest BCUT2D eigenvalue weighted by Crippen LogP contribution is -2.34. The molecule has 1 unspecified atom stereocenters. The maximum absolute atomic E-state index is 13.7. The number of nitrogens with zero attached hydrogens (tertiary/aromatic N) is 1. The van der Waals surface area contributed by atoms with Gasteiger partial charge in [-0.15, -0.1) is 0 Å². The van der Waals surface area contributed by atoms with Crippen molar-refractivity contribution >= 4 is 50.7 Å². The molecule has 7 heteroatoms. The highest BCUT2D eigenvalue weighted by atomic mass is 35.5. The second kappa shape index (κ2) is 10.5. The van der Waals surface area contributed by atoms with Crippen molar-refractivity contribution in [3.8, 4) is 11.1 Å². The maximum Gasteiger partial charge on any atom is 0.356 e. The molecule has 0 saturated heterocycles. The van der Waals surface area contributed by atoms with Crippen molar-refractivity contribution in [2.75, 3.05) is 5.32 Å². The van der Waals surface area contributed by atoms with Crippen molar-refractivity contribution in [3.05, 3.63) is 112 Å². The summed E-state index contributed by atoms with van der Waals surface area (Å²) in [5.41, 5.74) is 1.59. The molecule has 0 spiro atoms. The van der Waals surface area contributed by atoms with Crippen LogP contribution < -0.4 is 10.9 Å². The van der Waals surface area contributed by atoms with Crippen molar-refractivity contribution in [3.63, 3.8) is 0 Å². The van der Waals surface area contributed by atoms with Crippen LogP contribution in [0.4, 0.5) is 5.69 Å². The SMILES string of the molecule is CCC(OC(=O)c1c(-c2ccc(Cl)cc2)c2ccccc2c(=O)n1C)C(=O)Nc1cccc2ccccc12. The zero-order valence-corrected chi connectivity index (χ0v) is 21.7. The molecule has 0 fully saturated rings. The van der Waals surface area contributed by atoms with E-state index in [1.54, 1.807) is 55.5 Å². The third-order valence-corrected chi connectivity index (χ3v) is 6.84. The fraction of sp³-hybridized carbons (Fsp3) is 0.129. The second-order valence-corrected chi connectivity index (χ2v) is 9.39. The number of carbonyl (C=O) groups excluding carboxylic acids is 2. The minimum atomic E-state index is -1.07. The Morgan fingerprint density at radius 1 is 0.868 bits per heavy atom. The van der Waals surface area contributed by atoms with Gasteiger partial charge in [0, 0.05) is 34.1 Å². The first-order valence-electron chi connectivity index (χ1n) is 12.3. The summed E-state index contributed by atoms with van der Waals surface area (Å²) in [7, 11) is 1.53. The third-order valence-electron chi connectivity index (χ3n) is 6.59. The molecule has 0 aliphatic rings. The van der Waals surface area contributed by atoms with Crippen molar-refractivity contribution < 1.29 is 14.3 Å². The Balaban J connectivity index is 1.54. The van der Waals surface area contributed by atoms with Gasteiger partial charge in [0.2, 0.25) is 0 Å². The van der Waals surface area contributed by atoms with Crippen LogP contribution in [0, 0.1) is 0 Å². The lowest BCUT2D eigenvalue weighted by molar-refractivity contribution is -0.124. The van der Waals surface area contributed by atoms with E-state index in [1.165, 1.54) is 11.6 Å². The standard InChI is InChI=1S/C31H25ClN2O4/c1-3-26(29(35)33-25-14-8-10-19-9-4-5-11-22(19)25)38-31(37)28-27(20-15-17-21(32)18-16-20)23-12-6-7-13-24(23)30(36)34(28)2/h4-18,26H,3H2,1-2H3,(H,33,35). The molecule has 1 amide bonds. The predicted octanol–water partition coefficient (Wildman–Crippen LogP) is 6.59. The summed E-state index contributed by atoms with van der Waals surface area (Å²) in [6.45, 7) is 1.76. The molecule has 1 N–H and O–H groups in total. The molecule has 0 saturated carbocycles. The van der Waals surface area contributed by atoms with Gasteiger partial charge in [-0.1, -0.05) is 85.3 Å². The summed E-state index contributed by atoms with van der Waals surface area (Å²) in [6, 6.07) is 27.4. The Kier molecular flexibility index (Phi) is 6.99. The number of hydrogen-bond donors (Lipinski definition) is 1. The van der Waals surface area contributed by atoms with Gasteiger partial charge in [-0.05, 0) is 47.0 Å². The quantitative estimate of drug-likeness (QED) is 0.254. The molecule has 0 aliphatic carbocycles. The molecule has 0 bridgehead atoms. The number of nitrogens with one attached hydrogen (secondary N) is 1. The number of anilines is 1. The van der Waals surface area contributed by atoms with Gasteiger partial charge in [0.15, 0.2) is 6.10 Å². The third kappa shape index (κ3) is 4.66. The van der Waals surface area contributed by atoms with Gasteiger partial charge >= 0.3 is 5.97 Å². The summed E-state index contributed by atoms with van der Waals surface area (Å²) < 4.78 is 7.05. The van der Waals surface area contributed by atoms with Gasteiger partial charge in [-0.2, -0.15) is 0 Å². The van der Waals surface area contributed by atoms with E-state index < -0.39 is 18.0 Å². The van der Waals surface area contributed by atoms with Crippen LogP contribution in [0.5, 0.6) is 0 Å². The lowest BCUT2D eigenvalue weighted by Gasteiger charge is -2.20. The number of esters is 1. The number of rotatable bonds is 6. The first-order chi connectivity index (χ1) is 18.4. The molecule has 1 atom stereocenters.